The summed E-state index contributed by atoms with van der Waals surface area (Å²) in [7, 11) is 0. The summed E-state index contributed by atoms with van der Waals surface area (Å²) in [6.45, 7) is 0. The van der Waals surface area contributed by atoms with Gasteiger partial charge in [-0.05, 0) is 42.0 Å². The lowest BCUT2D eigenvalue weighted by atomic mass is 10.0. The van der Waals surface area contributed by atoms with Crippen LogP contribution in [-0.4, -0.2) is 11.3 Å². The van der Waals surface area contributed by atoms with Crippen LogP contribution < -0.4 is 4.74 Å². The third-order valence-electron chi connectivity index (χ3n) is 3.25. The van der Waals surface area contributed by atoms with E-state index in [0.717, 1.165) is 12.1 Å². The molecule has 8 heteroatoms. The highest BCUT2D eigenvalue weighted by atomic mass is 35.5. The molecule has 0 aliphatic heterocycles. The van der Waals surface area contributed by atoms with Gasteiger partial charge in [-0.2, -0.15) is 0 Å². The van der Waals surface area contributed by atoms with Gasteiger partial charge in [0.1, 0.15) is 17.4 Å². The van der Waals surface area contributed by atoms with Crippen molar-refractivity contribution in [2.75, 3.05) is 0 Å². The van der Waals surface area contributed by atoms with Gasteiger partial charge >= 0.3 is 6.16 Å². The number of hydrogen-bond donors (Lipinski definition) is 1. The second-order valence-electron chi connectivity index (χ2n) is 4.96. The number of ether oxygens (including phenoxy) is 1. The molecule has 3 rings (SSSR count). The van der Waals surface area contributed by atoms with Crippen molar-refractivity contribution in [2.45, 2.75) is 0 Å². The van der Waals surface area contributed by atoms with E-state index in [2.05, 4.69) is 4.74 Å². The fourth-order valence-corrected chi connectivity index (χ4v) is 2.68. The van der Waals surface area contributed by atoms with Crippen molar-refractivity contribution >= 4 is 29.4 Å². The first-order valence-electron chi connectivity index (χ1n) is 6.80. The molecular formula is C17H8Cl2F2O4. The van der Waals surface area contributed by atoms with Gasteiger partial charge in [-0.1, -0.05) is 23.2 Å². The molecule has 0 bridgehead atoms. The van der Waals surface area contributed by atoms with Crippen LogP contribution in [0.4, 0.5) is 13.6 Å². The molecule has 1 heterocycles. The van der Waals surface area contributed by atoms with E-state index in [1.807, 2.05) is 0 Å². The molecule has 128 valence electrons. The molecule has 4 nitrogen and oxygen atoms in total. The Kier molecular flexibility index (Phi) is 4.65. The van der Waals surface area contributed by atoms with Crippen molar-refractivity contribution in [3.05, 3.63) is 64.1 Å². The number of furan rings is 1. The van der Waals surface area contributed by atoms with E-state index in [0.29, 0.717) is 16.7 Å². The minimum Gasteiger partial charge on any atom is -0.449 e. The number of rotatable bonds is 3. The van der Waals surface area contributed by atoms with Crippen LogP contribution >= 0.6 is 23.2 Å². The van der Waals surface area contributed by atoms with Crippen molar-refractivity contribution in [1.82, 2.24) is 0 Å². The molecule has 1 N–H and O–H groups in total. The Balaban J connectivity index is 2.20. The van der Waals surface area contributed by atoms with Gasteiger partial charge in [-0.25, -0.2) is 13.6 Å². The summed E-state index contributed by atoms with van der Waals surface area (Å²) in [5.74, 6) is -1.43. The van der Waals surface area contributed by atoms with Crippen LogP contribution in [0.2, 0.25) is 10.0 Å². The Labute approximate surface area is 150 Å². The smallest absolute Gasteiger partial charge is 0.449 e. The molecule has 2 aromatic carbocycles. The molecule has 0 fully saturated rings. The van der Waals surface area contributed by atoms with Crippen molar-refractivity contribution in [1.29, 1.82) is 0 Å². The third-order valence-corrected chi connectivity index (χ3v) is 3.76. The third kappa shape index (κ3) is 3.75. The zero-order valence-electron chi connectivity index (χ0n) is 12.2. The van der Waals surface area contributed by atoms with Gasteiger partial charge in [0.25, 0.3) is 5.95 Å². The zero-order valence-corrected chi connectivity index (χ0v) is 13.7. The van der Waals surface area contributed by atoms with Crippen LogP contribution in [0.15, 0.2) is 46.9 Å². The second-order valence-corrected chi connectivity index (χ2v) is 5.81. The number of hydrogen-bond acceptors (Lipinski definition) is 3. The highest BCUT2D eigenvalue weighted by Crippen LogP contribution is 2.40. The minimum absolute atomic E-state index is 0.125. The summed E-state index contributed by atoms with van der Waals surface area (Å²) >= 11 is 11.6. The van der Waals surface area contributed by atoms with Gasteiger partial charge < -0.3 is 14.3 Å². The molecule has 0 saturated heterocycles. The van der Waals surface area contributed by atoms with E-state index in [1.54, 1.807) is 0 Å². The summed E-state index contributed by atoms with van der Waals surface area (Å²) < 4.78 is 37.0. The molecular weight excluding hydrogens is 377 g/mol. The first-order valence-corrected chi connectivity index (χ1v) is 7.55. The fourth-order valence-electron chi connectivity index (χ4n) is 2.28. The lowest BCUT2D eigenvalue weighted by Gasteiger charge is -2.05. The lowest BCUT2D eigenvalue weighted by Crippen LogP contribution is -2.01. The van der Waals surface area contributed by atoms with E-state index in [4.69, 9.17) is 32.7 Å². The standard InChI is InChI=1S/C17H8Cl2F2O4/c18-10-3-9(4-11(20)6-10)12-7-15(25-17(22)23)24-16(12)8-1-2-14(21)13(19)5-8/h1-7H,(H,22,23). The highest BCUT2D eigenvalue weighted by molar-refractivity contribution is 6.31. The maximum absolute atomic E-state index is 13.7. The summed E-state index contributed by atoms with van der Waals surface area (Å²) in [6.07, 6.45) is -1.58. The second kappa shape index (κ2) is 6.74. The maximum atomic E-state index is 13.7. The Morgan fingerprint density at radius 3 is 2.44 bits per heavy atom. The van der Waals surface area contributed by atoms with Gasteiger partial charge in [-0.15, -0.1) is 0 Å². The fraction of sp³-hybridized carbons (Fsp3) is 0. The van der Waals surface area contributed by atoms with E-state index >= 15 is 0 Å². The molecule has 0 unspecified atom stereocenters. The van der Waals surface area contributed by atoms with Gasteiger partial charge in [0.15, 0.2) is 0 Å². The van der Waals surface area contributed by atoms with Crippen molar-refractivity contribution < 1.29 is 27.8 Å². The summed E-state index contributed by atoms with van der Waals surface area (Å²) in [4.78, 5) is 10.7. The molecule has 0 atom stereocenters. The predicted molar refractivity (Wildman–Crippen MR) is 88.2 cm³/mol. The van der Waals surface area contributed by atoms with E-state index in [1.165, 1.54) is 30.3 Å². The van der Waals surface area contributed by atoms with Gasteiger partial charge in [0, 0.05) is 22.2 Å². The monoisotopic (exact) mass is 384 g/mol. The summed E-state index contributed by atoms with van der Waals surface area (Å²) in [5.41, 5.74) is 0.979. The Hall–Kier alpha value is -2.57. The van der Waals surface area contributed by atoms with Crippen LogP contribution in [0.1, 0.15) is 0 Å². The lowest BCUT2D eigenvalue weighted by molar-refractivity contribution is 0.133. The quantitative estimate of drug-likeness (QED) is 0.541. The SMILES string of the molecule is O=C(O)Oc1cc(-c2cc(F)cc(Cl)c2)c(-c2ccc(F)c(Cl)c2)o1. The average molecular weight is 385 g/mol. The molecule has 0 amide bonds. The van der Waals surface area contributed by atoms with Crippen LogP contribution in [0, 0.1) is 11.6 Å². The van der Waals surface area contributed by atoms with Crippen LogP contribution in [-0.2, 0) is 0 Å². The predicted octanol–water partition coefficient (Wildman–Crippen LogP) is 6.26. The molecule has 0 spiro atoms. The molecule has 0 radical (unpaired) electrons. The van der Waals surface area contributed by atoms with Gasteiger partial charge in [0.05, 0.1) is 5.02 Å². The molecule has 0 aliphatic carbocycles. The topological polar surface area (TPSA) is 59.7 Å². The normalized spacial score (nSPS) is 10.7. The maximum Gasteiger partial charge on any atom is 0.513 e. The number of carbonyl (C=O) groups is 1. The van der Waals surface area contributed by atoms with Crippen molar-refractivity contribution in [2.24, 2.45) is 0 Å². The van der Waals surface area contributed by atoms with E-state index in [-0.39, 0.29) is 21.8 Å². The first-order chi connectivity index (χ1) is 11.8. The van der Waals surface area contributed by atoms with Crippen LogP contribution in [0.3, 0.4) is 0 Å². The van der Waals surface area contributed by atoms with Crippen LogP contribution in [0.25, 0.3) is 22.5 Å². The summed E-state index contributed by atoms with van der Waals surface area (Å²) in [5, 5.41) is 8.73. The van der Waals surface area contributed by atoms with E-state index in [9.17, 15) is 13.6 Å². The molecule has 0 aliphatic rings. The largest absolute Gasteiger partial charge is 0.513 e. The number of benzene rings is 2. The Morgan fingerprint density at radius 2 is 1.80 bits per heavy atom. The van der Waals surface area contributed by atoms with Crippen molar-refractivity contribution in [3.8, 4) is 28.4 Å². The first kappa shape index (κ1) is 17.3. The van der Waals surface area contributed by atoms with Crippen molar-refractivity contribution in [3.63, 3.8) is 0 Å². The van der Waals surface area contributed by atoms with Gasteiger partial charge in [0.2, 0.25) is 0 Å². The molecule has 1 aromatic heterocycles. The summed E-state index contributed by atoms with van der Waals surface area (Å²) in [6, 6.07) is 8.85. The zero-order chi connectivity index (χ0) is 18.1. The minimum atomic E-state index is -1.58. The Bertz CT molecular complexity index is 949. The number of halogens is 4. The molecule has 3 aromatic rings. The highest BCUT2D eigenvalue weighted by Gasteiger charge is 2.19. The Morgan fingerprint density at radius 1 is 1.04 bits per heavy atom. The number of carboxylic acid groups (broad SMARTS) is 1. The average Bonchev–Trinajstić information content (AvgIpc) is 2.92. The molecule has 25 heavy (non-hydrogen) atoms. The van der Waals surface area contributed by atoms with E-state index < -0.39 is 17.8 Å². The van der Waals surface area contributed by atoms with Gasteiger partial charge in [-0.3, -0.25) is 0 Å². The van der Waals surface area contributed by atoms with Crippen LogP contribution in [0.5, 0.6) is 5.95 Å². The molecule has 0 saturated carbocycles.